The molecule has 0 bridgehead atoms. The number of hydrogen-bond donors (Lipinski definition) is 1. The van der Waals surface area contributed by atoms with E-state index < -0.39 is 5.97 Å². The van der Waals surface area contributed by atoms with Gasteiger partial charge in [-0.15, -0.1) is 0 Å². The van der Waals surface area contributed by atoms with Crippen LogP contribution in [-0.4, -0.2) is 33.1 Å². The second-order valence-electron chi connectivity index (χ2n) is 6.09. The number of fused-ring (bicyclic) bond motifs is 1. The van der Waals surface area contributed by atoms with Crippen LogP contribution in [0.3, 0.4) is 0 Å². The molecule has 2 aromatic rings. The summed E-state index contributed by atoms with van der Waals surface area (Å²) in [5.74, 6) is -0.237. The van der Waals surface area contributed by atoms with E-state index >= 15 is 0 Å². The third-order valence-electron chi connectivity index (χ3n) is 4.46. The molecule has 0 spiro atoms. The van der Waals surface area contributed by atoms with Crippen LogP contribution in [0.25, 0.3) is 11.3 Å². The smallest absolute Gasteiger partial charge is 0.337 e. The number of carboxylic acid groups (broad SMARTS) is 1. The van der Waals surface area contributed by atoms with E-state index in [1.54, 1.807) is 12.3 Å². The zero-order valence-corrected chi connectivity index (χ0v) is 13.9. The van der Waals surface area contributed by atoms with Gasteiger partial charge in [-0.3, -0.25) is 0 Å². The fraction of sp³-hybridized carbons (Fsp3) is 0.158. The van der Waals surface area contributed by atoms with E-state index in [9.17, 15) is 9.90 Å². The Morgan fingerprint density at radius 3 is 2.68 bits per heavy atom. The first-order chi connectivity index (χ1) is 12.1. The molecule has 1 aromatic heterocycles. The third-order valence-corrected chi connectivity index (χ3v) is 4.46. The molecule has 6 nitrogen and oxygen atoms in total. The molecule has 1 unspecified atom stereocenters. The number of benzene rings is 1. The summed E-state index contributed by atoms with van der Waals surface area (Å²) in [5.41, 5.74) is 3.83. The van der Waals surface area contributed by atoms with Crippen molar-refractivity contribution < 1.29 is 14.4 Å². The molecule has 6 heteroatoms. The first-order valence-electron chi connectivity index (χ1n) is 7.93. The zero-order valence-electron chi connectivity index (χ0n) is 13.9. The summed E-state index contributed by atoms with van der Waals surface area (Å²) in [5, 5.41) is 13.6. The van der Waals surface area contributed by atoms with Gasteiger partial charge in [-0.25, -0.2) is 4.79 Å². The van der Waals surface area contributed by atoms with Crippen molar-refractivity contribution in [2.24, 2.45) is 0 Å². The van der Waals surface area contributed by atoms with E-state index in [1.165, 1.54) is 0 Å². The monoisotopic (exact) mass is 335 g/mol. The van der Waals surface area contributed by atoms with Gasteiger partial charge in [0.1, 0.15) is 17.6 Å². The van der Waals surface area contributed by atoms with E-state index in [-0.39, 0.29) is 11.7 Å². The fourth-order valence-electron chi connectivity index (χ4n) is 3.28. The topological polar surface area (TPSA) is 69.8 Å². The number of carboxylic acids is 1. The SMILES string of the molecule is Cc1onc(-c2ccccc2)c1C1N(C)C=C2C=CC(C(=O)O)=CN21. The molecule has 25 heavy (non-hydrogen) atoms. The van der Waals surface area contributed by atoms with E-state index in [1.807, 2.05) is 66.4 Å². The van der Waals surface area contributed by atoms with Crippen LogP contribution in [0.15, 0.2) is 70.7 Å². The van der Waals surface area contributed by atoms with Gasteiger partial charge in [0.25, 0.3) is 0 Å². The Balaban J connectivity index is 1.82. The van der Waals surface area contributed by atoms with Gasteiger partial charge in [-0.05, 0) is 19.1 Å². The molecular weight excluding hydrogens is 318 g/mol. The Morgan fingerprint density at radius 1 is 1.20 bits per heavy atom. The van der Waals surface area contributed by atoms with Crippen molar-refractivity contribution in [3.63, 3.8) is 0 Å². The molecule has 4 rings (SSSR count). The summed E-state index contributed by atoms with van der Waals surface area (Å²) in [6.45, 7) is 1.88. The summed E-state index contributed by atoms with van der Waals surface area (Å²) in [6, 6.07) is 9.83. The van der Waals surface area contributed by atoms with Gasteiger partial charge in [0.05, 0.1) is 16.8 Å². The van der Waals surface area contributed by atoms with Crippen molar-refractivity contribution in [1.82, 2.24) is 15.0 Å². The van der Waals surface area contributed by atoms with E-state index in [0.29, 0.717) is 5.76 Å². The minimum Gasteiger partial charge on any atom is -0.478 e. The molecule has 0 radical (unpaired) electrons. The number of aryl methyl sites for hydroxylation is 1. The van der Waals surface area contributed by atoms with Crippen molar-refractivity contribution in [2.75, 3.05) is 7.05 Å². The molecule has 1 N–H and O–H groups in total. The van der Waals surface area contributed by atoms with Crippen molar-refractivity contribution in [3.05, 3.63) is 77.5 Å². The summed E-state index contributed by atoms with van der Waals surface area (Å²) < 4.78 is 5.48. The van der Waals surface area contributed by atoms with Crippen LogP contribution in [0.1, 0.15) is 17.5 Å². The highest BCUT2D eigenvalue weighted by atomic mass is 16.5. The highest BCUT2D eigenvalue weighted by molar-refractivity contribution is 5.90. The second kappa shape index (κ2) is 5.66. The van der Waals surface area contributed by atoms with Gasteiger partial charge >= 0.3 is 5.97 Å². The average Bonchev–Trinajstić information content (AvgIpc) is 3.13. The van der Waals surface area contributed by atoms with Crippen LogP contribution in [0.4, 0.5) is 0 Å². The minimum absolute atomic E-state index is 0.212. The molecule has 0 saturated heterocycles. The Kier molecular flexibility index (Phi) is 3.46. The lowest BCUT2D eigenvalue weighted by atomic mass is 10.0. The number of rotatable bonds is 3. The van der Waals surface area contributed by atoms with Crippen molar-refractivity contribution >= 4 is 5.97 Å². The van der Waals surface area contributed by atoms with Gasteiger partial charge in [-0.1, -0.05) is 35.5 Å². The van der Waals surface area contributed by atoms with Crippen LogP contribution >= 0.6 is 0 Å². The number of hydrogen-bond acceptors (Lipinski definition) is 5. The largest absolute Gasteiger partial charge is 0.478 e. The van der Waals surface area contributed by atoms with Gasteiger partial charge in [0.15, 0.2) is 0 Å². The van der Waals surface area contributed by atoms with E-state index in [0.717, 1.165) is 22.5 Å². The maximum absolute atomic E-state index is 11.4. The quantitative estimate of drug-likeness (QED) is 0.928. The maximum Gasteiger partial charge on any atom is 0.337 e. The number of carbonyl (C=O) groups is 1. The second-order valence-corrected chi connectivity index (χ2v) is 6.09. The molecular formula is C19H17N3O3. The zero-order chi connectivity index (χ0) is 17.6. The number of allylic oxidation sites excluding steroid dienone is 1. The highest BCUT2D eigenvalue weighted by Gasteiger charge is 2.36. The molecule has 0 fully saturated rings. The van der Waals surface area contributed by atoms with E-state index in [4.69, 9.17) is 4.52 Å². The Morgan fingerprint density at radius 2 is 1.96 bits per heavy atom. The number of aromatic nitrogens is 1. The van der Waals surface area contributed by atoms with Gasteiger partial charge in [-0.2, -0.15) is 0 Å². The summed E-state index contributed by atoms with van der Waals surface area (Å²) in [6.07, 6.45) is 6.85. The van der Waals surface area contributed by atoms with Crippen LogP contribution in [0, 0.1) is 6.92 Å². The molecule has 1 atom stereocenters. The van der Waals surface area contributed by atoms with Crippen molar-refractivity contribution in [3.8, 4) is 11.3 Å². The Labute approximate surface area is 144 Å². The average molecular weight is 335 g/mol. The predicted molar refractivity (Wildman–Crippen MR) is 92.0 cm³/mol. The van der Waals surface area contributed by atoms with Gasteiger partial charge < -0.3 is 19.4 Å². The summed E-state index contributed by atoms with van der Waals surface area (Å²) in [7, 11) is 1.96. The lowest BCUT2D eigenvalue weighted by molar-refractivity contribution is -0.132. The lowest BCUT2D eigenvalue weighted by Crippen LogP contribution is -2.28. The lowest BCUT2D eigenvalue weighted by Gasteiger charge is -2.31. The van der Waals surface area contributed by atoms with Crippen LogP contribution < -0.4 is 0 Å². The first-order valence-corrected chi connectivity index (χ1v) is 7.93. The molecule has 0 amide bonds. The third kappa shape index (κ3) is 2.42. The molecule has 1 aromatic carbocycles. The molecule has 2 aliphatic rings. The van der Waals surface area contributed by atoms with Crippen LogP contribution in [0.5, 0.6) is 0 Å². The molecule has 3 heterocycles. The maximum atomic E-state index is 11.4. The number of aliphatic carboxylic acids is 1. The number of nitrogens with zero attached hydrogens (tertiary/aromatic N) is 3. The fourth-order valence-corrected chi connectivity index (χ4v) is 3.28. The Hall–Kier alpha value is -3.28. The van der Waals surface area contributed by atoms with Crippen LogP contribution in [0.2, 0.25) is 0 Å². The standard InChI is InChI=1S/C19H17N3O3/c1-12-16(17(20-25-12)13-6-4-3-5-7-13)18-21(2)11-15-9-8-14(19(23)24)10-22(15)18/h3-11,18H,1-2H3,(H,23,24). The Bertz CT molecular complexity index is 925. The highest BCUT2D eigenvalue weighted by Crippen LogP contribution is 2.42. The molecule has 0 aliphatic carbocycles. The molecule has 0 saturated carbocycles. The first kappa shape index (κ1) is 15.3. The van der Waals surface area contributed by atoms with Gasteiger partial charge in [0.2, 0.25) is 0 Å². The summed E-state index contributed by atoms with van der Waals surface area (Å²) >= 11 is 0. The van der Waals surface area contributed by atoms with Crippen molar-refractivity contribution in [2.45, 2.75) is 13.1 Å². The van der Waals surface area contributed by atoms with Crippen molar-refractivity contribution in [1.29, 1.82) is 0 Å². The summed E-state index contributed by atoms with van der Waals surface area (Å²) in [4.78, 5) is 15.3. The normalized spacial score (nSPS) is 18.9. The van der Waals surface area contributed by atoms with E-state index in [2.05, 4.69) is 5.16 Å². The molecule has 2 aliphatic heterocycles. The predicted octanol–water partition coefficient (Wildman–Crippen LogP) is 3.28. The van der Waals surface area contributed by atoms with Gasteiger partial charge in [0, 0.05) is 25.0 Å². The van der Waals surface area contributed by atoms with Crippen LogP contribution in [-0.2, 0) is 4.79 Å². The minimum atomic E-state index is -0.950. The molecule has 126 valence electrons.